The predicted octanol–water partition coefficient (Wildman–Crippen LogP) is 5.22. The molecule has 4 nitrogen and oxygen atoms in total. The van der Waals surface area contributed by atoms with Gasteiger partial charge in [0, 0.05) is 29.5 Å². The second kappa shape index (κ2) is 5.66. The molecule has 1 fully saturated rings. The molecule has 8 heteroatoms. The summed E-state index contributed by atoms with van der Waals surface area (Å²) in [5.41, 5.74) is 2.42. The third kappa shape index (κ3) is 2.73. The minimum atomic E-state index is -4.40. The quantitative estimate of drug-likeness (QED) is 0.473. The molecular formula is C19H12ClF3N4. The van der Waals surface area contributed by atoms with Crippen molar-refractivity contribution in [2.75, 3.05) is 0 Å². The van der Waals surface area contributed by atoms with Crippen LogP contribution in [0.5, 0.6) is 0 Å². The monoisotopic (exact) mass is 388 g/mol. The Hall–Kier alpha value is -2.67. The number of aromatic nitrogens is 4. The zero-order valence-corrected chi connectivity index (χ0v) is 14.5. The Labute approximate surface area is 156 Å². The van der Waals surface area contributed by atoms with E-state index in [2.05, 4.69) is 15.1 Å². The number of imidazole rings is 1. The van der Waals surface area contributed by atoms with Gasteiger partial charge in [-0.3, -0.25) is 4.98 Å². The highest BCUT2D eigenvalue weighted by Crippen LogP contribution is 2.56. The number of pyridine rings is 1. The minimum Gasteiger partial charge on any atom is -0.256 e. The van der Waals surface area contributed by atoms with Crippen molar-refractivity contribution >= 4 is 28.2 Å². The molecule has 0 saturated heterocycles. The zero-order chi connectivity index (χ0) is 18.8. The van der Waals surface area contributed by atoms with E-state index in [1.807, 2.05) is 6.07 Å². The third-order valence-corrected chi connectivity index (χ3v) is 5.23. The van der Waals surface area contributed by atoms with Gasteiger partial charge in [-0.1, -0.05) is 23.7 Å². The largest absolute Gasteiger partial charge is 0.417 e. The topological polar surface area (TPSA) is 43.1 Å². The lowest BCUT2D eigenvalue weighted by Crippen LogP contribution is -2.06. The SMILES string of the molecule is FC(F)(F)c1ccnc2cc(C3C[C@@H]3c3cc(Cl)nn4ccnc34)ccc12. The van der Waals surface area contributed by atoms with E-state index in [1.165, 1.54) is 12.3 Å². The first-order chi connectivity index (χ1) is 12.9. The maximum absolute atomic E-state index is 13.2. The number of rotatable bonds is 2. The fraction of sp³-hybridized carbons (Fsp3) is 0.211. The van der Waals surface area contributed by atoms with Gasteiger partial charge in [0.15, 0.2) is 5.65 Å². The normalized spacial score (nSPS) is 19.7. The van der Waals surface area contributed by atoms with E-state index in [0.717, 1.165) is 29.3 Å². The molecule has 0 aliphatic heterocycles. The highest BCUT2D eigenvalue weighted by atomic mass is 35.5. The molecule has 0 bridgehead atoms. The Balaban J connectivity index is 1.53. The van der Waals surface area contributed by atoms with Crippen LogP contribution in [0, 0.1) is 0 Å². The van der Waals surface area contributed by atoms with Crippen molar-refractivity contribution < 1.29 is 13.2 Å². The number of alkyl halides is 3. The summed E-state index contributed by atoms with van der Waals surface area (Å²) >= 11 is 6.11. The van der Waals surface area contributed by atoms with Gasteiger partial charge in [-0.25, -0.2) is 9.50 Å². The summed E-state index contributed by atoms with van der Waals surface area (Å²) in [6.45, 7) is 0. The van der Waals surface area contributed by atoms with Gasteiger partial charge in [-0.2, -0.15) is 18.3 Å². The number of hydrogen-bond donors (Lipinski definition) is 0. The van der Waals surface area contributed by atoms with Crippen LogP contribution < -0.4 is 0 Å². The lowest BCUT2D eigenvalue weighted by molar-refractivity contribution is -0.136. The first-order valence-electron chi connectivity index (χ1n) is 8.37. The highest BCUT2D eigenvalue weighted by Gasteiger charge is 2.41. The van der Waals surface area contributed by atoms with Gasteiger partial charge in [0.05, 0.1) is 11.1 Å². The van der Waals surface area contributed by atoms with Gasteiger partial charge in [0.25, 0.3) is 0 Å². The van der Waals surface area contributed by atoms with E-state index in [9.17, 15) is 13.2 Å². The first-order valence-corrected chi connectivity index (χ1v) is 8.75. The summed E-state index contributed by atoms with van der Waals surface area (Å²) in [5.74, 6) is 0.406. The number of halogens is 4. The molecule has 5 rings (SSSR count). The van der Waals surface area contributed by atoms with Crippen LogP contribution >= 0.6 is 11.6 Å². The van der Waals surface area contributed by atoms with Crippen LogP contribution in [-0.4, -0.2) is 19.6 Å². The van der Waals surface area contributed by atoms with E-state index in [0.29, 0.717) is 10.7 Å². The maximum Gasteiger partial charge on any atom is 0.417 e. The Morgan fingerprint density at radius 2 is 1.89 bits per heavy atom. The molecule has 0 amide bonds. The molecule has 0 spiro atoms. The van der Waals surface area contributed by atoms with Gasteiger partial charge < -0.3 is 0 Å². The van der Waals surface area contributed by atoms with E-state index in [4.69, 9.17) is 11.6 Å². The van der Waals surface area contributed by atoms with Gasteiger partial charge in [-0.15, -0.1) is 0 Å². The lowest BCUT2D eigenvalue weighted by atomic mass is 10.0. The molecule has 1 aliphatic rings. The second-order valence-corrected chi connectivity index (χ2v) is 7.09. The molecule has 1 unspecified atom stereocenters. The fourth-order valence-corrected chi connectivity index (χ4v) is 3.93. The van der Waals surface area contributed by atoms with Crippen LogP contribution in [0.25, 0.3) is 16.6 Å². The third-order valence-electron chi connectivity index (χ3n) is 5.05. The molecular weight excluding hydrogens is 377 g/mol. The zero-order valence-electron chi connectivity index (χ0n) is 13.8. The molecule has 0 radical (unpaired) electrons. The van der Waals surface area contributed by atoms with Crippen LogP contribution in [0.1, 0.15) is 34.9 Å². The Bertz CT molecular complexity index is 1180. The number of hydrogen-bond acceptors (Lipinski definition) is 3. The Kier molecular flexibility index (Phi) is 3.46. The van der Waals surface area contributed by atoms with Crippen LogP contribution in [0.4, 0.5) is 13.2 Å². The van der Waals surface area contributed by atoms with Crippen LogP contribution in [0.15, 0.2) is 48.9 Å². The van der Waals surface area contributed by atoms with Gasteiger partial charge in [0.2, 0.25) is 0 Å². The molecule has 1 aliphatic carbocycles. The smallest absolute Gasteiger partial charge is 0.256 e. The van der Waals surface area contributed by atoms with Gasteiger partial charge >= 0.3 is 6.18 Å². The lowest BCUT2D eigenvalue weighted by Gasteiger charge is -2.11. The Morgan fingerprint density at radius 1 is 1.04 bits per heavy atom. The molecule has 1 saturated carbocycles. The van der Waals surface area contributed by atoms with Crippen molar-refractivity contribution in [1.29, 1.82) is 0 Å². The average molecular weight is 389 g/mol. The summed E-state index contributed by atoms with van der Waals surface area (Å²) < 4.78 is 41.2. The van der Waals surface area contributed by atoms with Gasteiger partial charge in [-0.05, 0) is 42.0 Å². The minimum absolute atomic E-state index is 0.119. The van der Waals surface area contributed by atoms with Crippen molar-refractivity contribution in [3.8, 4) is 0 Å². The number of nitrogens with zero attached hydrogens (tertiary/aromatic N) is 4. The Morgan fingerprint density at radius 3 is 2.70 bits per heavy atom. The molecule has 1 aromatic carbocycles. The van der Waals surface area contributed by atoms with E-state index in [-0.39, 0.29) is 17.2 Å². The molecule has 3 aromatic heterocycles. The molecule has 0 N–H and O–H groups in total. The summed E-state index contributed by atoms with van der Waals surface area (Å²) in [6, 6.07) is 7.85. The molecule has 4 aromatic rings. The summed E-state index contributed by atoms with van der Waals surface area (Å²) in [5, 5.41) is 4.69. The summed E-state index contributed by atoms with van der Waals surface area (Å²) in [7, 11) is 0. The summed E-state index contributed by atoms with van der Waals surface area (Å²) in [6.07, 6.45) is 1.09. The fourth-order valence-electron chi connectivity index (χ4n) is 3.73. The summed E-state index contributed by atoms with van der Waals surface area (Å²) in [4.78, 5) is 8.47. The standard InChI is InChI=1S/C19H12ClF3N4/c20-17-9-14(18-25-5-6-27(18)26-17)13-8-12(13)10-1-2-11-15(19(21,22)23)3-4-24-16(11)7-10/h1-7,9,12-13H,8H2/t12?,13-/m0/s1. The van der Waals surface area contributed by atoms with E-state index in [1.54, 1.807) is 29.0 Å². The highest BCUT2D eigenvalue weighted by molar-refractivity contribution is 6.29. The van der Waals surface area contributed by atoms with Crippen LogP contribution in [0.3, 0.4) is 0 Å². The van der Waals surface area contributed by atoms with E-state index < -0.39 is 11.7 Å². The van der Waals surface area contributed by atoms with Crippen molar-refractivity contribution in [2.45, 2.75) is 24.4 Å². The molecule has 2 atom stereocenters. The average Bonchev–Trinajstić information content (AvgIpc) is 3.29. The van der Waals surface area contributed by atoms with Crippen molar-refractivity contribution in [2.24, 2.45) is 0 Å². The van der Waals surface area contributed by atoms with Crippen molar-refractivity contribution in [1.82, 2.24) is 19.6 Å². The van der Waals surface area contributed by atoms with Crippen LogP contribution in [-0.2, 0) is 6.18 Å². The number of fused-ring (bicyclic) bond motifs is 2. The molecule has 136 valence electrons. The maximum atomic E-state index is 13.2. The second-order valence-electron chi connectivity index (χ2n) is 6.70. The van der Waals surface area contributed by atoms with Crippen molar-refractivity contribution in [3.05, 3.63) is 70.8 Å². The van der Waals surface area contributed by atoms with Crippen molar-refractivity contribution in [3.63, 3.8) is 0 Å². The number of benzene rings is 1. The first kappa shape index (κ1) is 16.5. The predicted molar refractivity (Wildman–Crippen MR) is 94.8 cm³/mol. The van der Waals surface area contributed by atoms with Gasteiger partial charge in [0.1, 0.15) is 5.15 Å². The van der Waals surface area contributed by atoms with Crippen LogP contribution in [0.2, 0.25) is 5.15 Å². The van der Waals surface area contributed by atoms with E-state index >= 15 is 0 Å². The molecule has 27 heavy (non-hydrogen) atoms. The molecule has 3 heterocycles.